The van der Waals surface area contributed by atoms with Crippen molar-refractivity contribution in [2.45, 2.75) is 37.9 Å². The second kappa shape index (κ2) is 6.90. The maximum absolute atomic E-state index is 12.7. The summed E-state index contributed by atoms with van der Waals surface area (Å²) in [6.45, 7) is 7.45. The number of nitrogens with zero attached hydrogens (tertiary/aromatic N) is 1. The number of hydrogen-bond donors (Lipinski definition) is 1. The lowest BCUT2D eigenvalue weighted by Crippen LogP contribution is -2.49. The maximum Gasteiger partial charge on any atom is 0.416 e. The van der Waals surface area contributed by atoms with Crippen molar-refractivity contribution >= 4 is 11.8 Å². The fraction of sp³-hybridized carbons (Fsp3) is 0.444. The summed E-state index contributed by atoms with van der Waals surface area (Å²) >= 11 is 0. The van der Waals surface area contributed by atoms with Gasteiger partial charge in [-0.2, -0.15) is 13.2 Å². The van der Waals surface area contributed by atoms with E-state index < -0.39 is 23.2 Å². The van der Waals surface area contributed by atoms with Crippen LogP contribution in [0, 0.1) is 0 Å². The number of nitrogens with one attached hydrogen (secondary N) is 1. The first kappa shape index (κ1) is 19.0. The lowest BCUT2D eigenvalue weighted by Gasteiger charge is -2.36. The second-order valence-corrected chi connectivity index (χ2v) is 6.58. The Morgan fingerprint density at radius 1 is 1.32 bits per heavy atom. The fourth-order valence-corrected chi connectivity index (χ4v) is 3.34. The lowest BCUT2D eigenvalue weighted by molar-refractivity contribution is -0.137. The molecule has 136 valence electrons. The molecule has 0 saturated carbocycles. The molecular weight excluding hydrogens is 333 g/mol. The fourth-order valence-electron chi connectivity index (χ4n) is 3.34. The third-order valence-corrected chi connectivity index (χ3v) is 4.73. The van der Waals surface area contributed by atoms with Crippen LogP contribution in [0.3, 0.4) is 0 Å². The van der Waals surface area contributed by atoms with E-state index in [9.17, 15) is 22.8 Å². The van der Waals surface area contributed by atoms with E-state index >= 15 is 0 Å². The van der Waals surface area contributed by atoms with Gasteiger partial charge in [-0.3, -0.25) is 9.59 Å². The Morgan fingerprint density at radius 2 is 1.92 bits per heavy atom. The third-order valence-electron chi connectivity index (χ3n) is 4.73. The maximum atomic E-state index is 12.7. The van der Waals surface area contributed by atoms with Crippen LogP contribution in [-0.2, 0) is 15.8 Å². The third kappa shape index (κ3) is 4.03. The van der Waals surface area contributed by atoms with Crippen LogP contribution in [0.15, 0.2) is 36.9 Å². The van der Waals surface area contributed by atoms with E-state index in [0.717, 1.165) is 23.8 Å². The molecule has 0 aromatic heterocycles. The normalized spacial score (nSPS) is 19.6. The van der Waals surface area contributed by atoms with Gasteiger partial charge in [-0.05, 0) is 44.0 Å². The SMILES string of the molecule is C=CC(=O)NCC(=O)N1CCC(c2ccc(C(F)(F)F)cc2)C1(C)C. The molecule has 1 saturated heterocycles. The molecule has 1 aromatic rings. The molecule has 1 aliphatic heterocycles. The Labute approximate surface area is 144 Å². The lowest BCUT2D eigenvalue weighted by atomic mass is 9.82. The predicted molar refractivity (Wildman–Crippen MR) is 87.8 cm³/mol. The van der Waals surface area contributed by atoms with E-state index in [1.54, 1.807) is 4.90 Å². The topological polar surface area (TPSA) is 49.4 Å². The smallest absolute Gasteiger partial charge is 0.343 e. The van der Waals surface area contributed by atoms with Gasteiger partial charge in [0.2, 0.25) is 11.8 Å². The zero-order chi connectivity index (χ0) is 18.8. The highest BCUT2D eigenvalue weighted by atomic mass is 19.4. The van der Waals surface area contributed by atoms with Crippen LogP contribution in [0.5, 0.6) is 0 Å². The summed E-state index contributed by atoms with van der Waals surface area (Å²) in [7, 11) is 0. The molecule has 1 heterocycles. The minimum absolute atomic E-state index is 0.0751. The minimum Gasteiger partial charge on any atom is -0.343 e. The van der Waals surface area contributed by atoms with Crippen molar-refractivity contribution in [3.8, 4) is 0 Å². The Hall–Kier alpha value is -2.31. The van der Waals surface area contributed by atoms with E-state index in [4.69, 9.17) is 0 Å². The van der Waals surface area contributed by atoms with Crippen molar-refractivity contribution < 1.29 is 22.8 Å². The van der Waals surface area contributed by atoms with Crippen molar-refractivity contribution in [3.63, 3.8) is 0 Å². The summed E-state index contributed by atoms with van der Waals surface area (Å²) in [5, 5.41) is 2.45. The number of halogens is 3. The van der Waals surface area contributed by atoms with Gasteiger partial charge in [0.1, 0.15) is 0 Å². The van der Waals surface area contributed by atoms with Gasteiger partial charge in [-0.15, -0.1) is 0 Å². The van der Waals surface area contributed by atoms with Crippen molar-refractivity contribution in [2.75, 3.05) is 13.1 Å². The predicted octanol–water partition coefficient (Wildman–Crippen LogP) is 3.10. The molecule has 0 aliphatic carbocycles. The Bertz CT molecular complexity index is 666. The van der Waals surface area contributed by atoms with Crippen LogP contribution >= 0.6 is 0 Å². The number of hydrogen-bond acceptors (Lipinski definition) is 2. The summed E-state index contributed by atoms with van der Waals surface area (Å²) in [6, 6.07) is 5.09. The van der Waals surface area contributed by atoms with E-state index in [-0.39, 0.29) is 18.4 Å². The molecule has 1 fully saturated rings. The van der Waals surface area contributed by atoms with E-state index in [2.05, 4.69) is 11.9 Å². The molecule has 1 atom stereocenters. The molecule has 2 amide bonds. The van der Waals surface area contributed by atoms with Crippen molar-refractivity contribution in [2.24, 2.45) is 0 Å². The number of likely N-dealkylation sites (tertiary alicyclic amines) is 1. The zero-order valence-electron chi connectivity index (χ0n) is 14.2. The highest BCUT2D eigenvalue weighted by Gasteiger charge is 2.44. The first-order valence-corrected chi connectivity index (χ1v) is 7.95. The van der Waals surface area contributed by atoms with Crippen LogP contribution in [0.4, 0.5) is 13.2 Å². The molecule has 1 N–H and O–H groups in total. The van der Waals surface area contributed by atoms with E-state index in [0.29, 0.717) is 13.0 Å². The Kier molecular flexibility index (Phi) is 5.25. The van der Waals surface area contributed by atoms with Crippen LogP contribution < -0.4 is 5.32 Å². The number of benzene rings is 1. The van der Waals surface area contributed by atoms with Gasteiger partial charge in [0.05, 0.1) is 12.1 Å². The number of amides is 2. The molecule has 0 bridgehead atoms. The molecular formula is C18H21F3N2O2. The van der Waals surface area contributed by atoms with Crippen LogP contribution in [0.1, 0.15) is 37.3 Å². The molecule has 7 heteroatoms. The molecule has 0 radical (unpaired) electrons. The molecule has 1 unspecified atom stereocenters. The average molecular weight is 354 g/mol. The van der Waals surface area contributed by atoms with Gasteiger partial charge in [0, 0.05) is 18.0 Å². The van der Waals surface area contributed by atoms with Gasteiger partial charge in [0.15, 0.2) is 0 Å². The van der Waals surface area contributed by atoms with Gasteiger partial charge < -0.3 is 10.2 Å². The van der Waals surface area contributed by atoms with Gasteiger partial charge in [-0.25, -0.2) is 0 Å². The van der Waals surface area contributed by atoms with Crippen LogP contribution in [0.25, 0.3) is 0 Å². The molecule has 0 spiro atoms. The minimum atomic E-state index is -4.37. The van der Waals surface area contributed by atoms with Gasteiger partial charge in [0.25, 0.3) is 0 Å². The molecule has 4 nitrogen and oxygen atoms in total. The van der Waals surface area contributed by atoms with Crippen molar-refractivity contribution in [1.29, 1.82) is 0 Å². The Balaban J connectivity index is 2.13. The highest BCUT2D eigenvalue weighted by molar-refractivity contribution is 5.91. The summed E-state index contributed by atoms with van der Waals surface area (Å²) < 4.78 is 38.1. The number of carbonyl (C=O) groups is 2. The van der Waals surface area contributed by atoms with E-state index in [1.807, 2.05) is 13.8 Å². The average Bonchev–Trinajstić information content (AvgIpc) is 2.86. The standard InChI is InChI=1S/C18H21F3N2O2/c1-4-15(24)22-11-16(25)23-10-9-14(17(23,2)3)12-5-7-13(8-6-12)18(19,20)21/h4-8,14H,1,9-11H2,2-3H3,(H,22,24). The van der Waals surface area contributed by atoms with E-state index in [1.165, 1.54) is 12.1 Å². The summed E-state index contributed by atoms with van der Waals surface area (Å²) in [4.78, 5) is 25.2. The zero-order valence-corrected chi connectivity index (χ0v) is 14.2. The second-order valence-electron chi connectivity index (χ2n) is 6.58. The number of alkyl halides is 3. The first-order valence-electron chi connectivity index (χ1n) is 7.95. The van der Waals surface area contributed by atoms with Gasteiger partial charge >= 0.3 is 6.18 Å². The quantitative estimate of drug-likeness (QED) is 0.845. The van der Waals surface area contributed by atoms with Crippen LogP contribution in [0.2, 0.25) is 0 Å². The Morgan fingerprint density at radius 3 is 2.44 bits per heavy atom. The van der Waals surface area contributed by atoms with Crippen LogP contribution in [-0.4, -0.2) is 35.3 Å². The molecule has 2 rings (SSSR count). The largest absolute Gasteiger partial charge is 0.416 e. The molecule has 25 heavy (non-hydrogen) atoms. The first-order chi connectivity index (χ1) is 11.6. The highest BCUT2D eigenvalue weighted by Crippen LogP contribution is 2.42. The van der Waals surface area contributed by atoms with Gasteiger partial charge in [-0.1, -0.05) is 18.7 Å². The molecule has 1 aromatic carbocycles. The van der Waals surface area contributed by atoms with Crippen molar-refractivity contribution in [3.05, 3.63) is 48.0 Å². The summed E-state index contributed by atoms with van der Waals surface area (Å²) in [5.41, 5.74) is -0.481. The molecule has 1 aliphatic rings. The monoisotopic (exact) mass is 354 g/mol. The number of rotatable bonds is 4. The summed E-state index contributed by atoms with van der Waals surface area (Å²) in [6.07, 6.45) is -2.62. The summed E-state index contributed by atoms with van der Waals surface area (Å²) in [5.74, 6) is -0.729. The van der Waals surface area contributed by atoms with Crippen molar-refractivity contribution in [1.82, 2.24) is 10.2 Å². The number of carbonyl (C=O) groups excluding carboxylic acids is 2.